The fourth-order valence-electron chi connectivity index (χ4n) is 8.13. The predicted octanol–water partition coefficient (Wildman–Crippen LogP) is 4.93. The molecule has 6 heterocycles. The molecule has 0 radical (unpaired) electrons. The van der Waals surface area contributed by atoms with Crippen LogP contribution in [0.25, 0.3) is 32.9 Å². The molecule has 0 amide bonds. The molecule has 4 aliphatic heterocycles. The van der Waals surface area contributed by atoms with Crippen molar-refractivity contribution < 1.29 is 14.2 Å². The third-order valence-corrected chi connectivity index (χ3v) is 10.1. The average molecular weight is 579 g/mol. The van der Waals surface area contributed by atoms with Gasteiger partial charge in [-0.3, -0.25) is 4.90 Å². The van der Waals surface area contributed by atoms with E-state index in [1.165, 1.54) is 6.07 Å². The number of pyridine rings is 1. The standard InChI is InChI=1S/C34H35FN6O2/c1-3-21-7-4-8-22-15-25(42)16-26(28(21)22)30-29(35)31-27(20(2)36-30)32(40-17-23-9-10-24(18-40)37-23)39-33(38-31)43-19-34-11-5-13-41(34)14-6-12-34/h1,4,7-8,15-16,23-24,37,42H,5-6,9-14,17-19H2,2H3. The van der Waals surface area contributed by atoms with E-state index in [4.69, 9.17) is 26.1 Å². The smallest absolute Gasteiger partial charge is 0.319 e. The van der Waals surface area contributed by atoms with Gasteiger partial charge in [0.1, 0.15) is 29.4 Å². The van der Waals surface area contributed by atoms with Gasteiger partial charge >= 0.3 is 6.01 Å². The monoisotopic (exact) mass is 578 g/mol. The van der Waals surface area contributed by atoms with Crippen LogP contribution in [0.5, 0.6) is 11.8 Å². The Morgan fingerprint density at radius 2 is 1.86 bits per heavy atom. The highest BCUT2D eigenvalue weighted by molar-refractivity contribution is 6.03. The van der Waals surface area contributed by atoms with Gasteiger partial charge in [0.15, 0.2) is 5.82 Å². The molecule has 8 rings (SSSR count). The molecule has 2 unspecified atom stereocenters. The number of aryl methyl sites for hydroxylation is 1. The van der Waals surface area contributed by atoms with Gasteiger partial charge < -0.3 is 20.1 Å². The first-order chi connectivity index (χ1) is 20.9. The third-order valence-electron chi connectivity index (χ3n) is 10.1. The molecular formula is C34H35FN6O2. The van der Waals surface area contributed by atoms with Crippen LogP contribution in [0.4, 0.5) is 10.2 Å². The molecule has 4 aromatic rings. The van der Waals surface area contributed by atoms with Crippen LogP contribution in [-0.4, -0.2) is 75.4 Å². The highest BCUT2D eigenvalue weighted by atomic mass is 19.1. The van der Waals surface area contributed by atoms with Crippen molar-refractivity contribution in [2.24, 2.45) is 0 Å². The van der Waals surface area contributed by atoms with Crippen LogP contribution >= 0.6 is 0 Å². The molecule has 4 aliphatic rings. The van der Waals surface area contributed by atoms with Crippen molar-refractivity contribution in [3.05, 3.63) is 47.4 Å². The van der Waals surface area contributed by atoms with Crippen molar-refractivity contribution in [2.45, 2.75) is 63.1 Å². The number of hydrogen-bond acceptors (Lipinski definition) is 8. The Bertz CT molecular complexity index is 1800. The normalized spacial score (nSPS) is 22.8. The van der Waals surface area contributed by atoms with E-state index in [0.29, 0.717) is 57.5 Å². The molecule has 2 bridgehead atoms. The number of rotatable bonds is 5. The molecule has 2 aromatic carbocycles. The number of aromatic hydroxyl groups is 1. The van der Waals surface area contributed by atoms with E-state index >= 15 is 4.39 Å². The zero-order valence-corrected chi connectivity index (χ0v) is 24.4. The van der Waals surface area contributed by atoms with Crippen LogP contribution in [-0.2, 0) is 0 Å². The van der Waals surface area contributed by atoms with Gasteiger partial charge in [-0.1, -0.05) is 18.1 Å². The largest absolute Gasteiger partial charge is 0.508 e. The molecule has 43 heavy (non-hydrogen) atoms. The Morgan fingerprint density at radius 1 is 1.09 bits per heavy atom. The second-order valence-corrected chi connectivity index (χ2v) is 12.7. The zero-order chi connectivity index (χ0) is 29.3. The Hall–Kier alpha value is -4.00. The van der Waals surface area contributed by atoms with Crippen LogP contribution in [0.1, 0.15) is 49.8 Å². The van der Waals surface area contributed by atoms with Gasteiger partial charge in [0.2, 0.25) is 0 Å². The first kappa shape index (κ1) is 26.6. The van der Waals surface area contributed by atoms with Gasteiger partial charge in [-0.05, 0) is 82.1 Å². The number of anilines is 1. The van der Waals surface area contributed by atoms with E-state index in [1.54, 1.807) is 6.07 Å². The Labute approximate surface area is 250 Å². The maximum absolute atomic E-state index is 16.9. The molecule has 4 saturated heterocycles. The van der Waals surface area contributed by atoms with E-state index in [2.05, 4.69) is 21.0 Å². The van der Waals surface area contributed by atoms with Crippen LogP contribution in [0.2, 0.25) is 0 Å². The molecule has 0 spiro atoms. The van der Waals surface area contributed by atoms with Crippen LogP contribution in [0.3, 0.4) is 0 Å². The lowest BCUT2D eigenvalue weighted by atomic mass is 9.95. The first-order valence-electron chi connectivity index (χ1n) is 15.4. The topological polar surface area (TPSA) is 86.6 Å². The summed E-state index contributed by atoms with van der Waals surface area (Å²) < 4.78 is 23.3. The summed E-state index contributed by atoms with van der Waals surface area (Å²) in [5.74, 6) is 2.82. The lowest BCUT2D eigenvalue weighted by Gasteiger charge is -2.35. The summed E-state index contributed by atoms with van der Waals surface area (Å²) in [4.78, 5) is 19.3. The summed E-state index contributed by atoms with van der Waals surface area (Å²) in [5.41, 5.74) is 1.94. The number of phenols is 1. The fraction of sp³-hybridized carbons (Fsp3) is 0.441. The highest BCUT2D eigenvalue weighted by Gasteiger charge is 2.45. The minimum absolute atomic E-state index is 0.0104. The molecule has 2 N–H and O–H groups in total. The third kappa shape index (κ3) is 4.30. The van der Waals surface area contributed by atoms with Gasteiger partial charge in [0, 0.05) is 41.7 Å². The molecule has 4 fully saturated rings. The number of nitrogens with zero attached hydrogens (tertiary/aromatic N) is 5. The quantitative estimate of drug-likeness (QED) is 0.323. The number of phenolic OH excluding ortho intramolecular Hbond substituents is 1. The zero-order valence-electron chi connectivity index (χ0n) is 24.4. The van der Waals surface area contributed by atoms with Crippen molar-refractivity contribution >= 4 is 27.5 Å². The number of fused-ring (bicyclic) bond motifs is 5. The summed E-state index contributed by atoms with van der Waals surface area (Å²) in [7, 11) is 0. The molecule has 9 heteroatoms. The van der Waals surface area contributed by atoms with Crippen LogP contribution in [0.15, 0.2) is 30.3 Å². The lowest BCUT2D eigenvalue weighted by Crippen LogP contribution is -2.51. The maximum atomic E-state index is 16.9. The number of hydrogen-bond donors (Lipinski definition) is 2. The molecular weight excluding hydrogens is 543 g/mol. The molecule has 0 aliphatic carbocycles. The first-order valence-corrected chi connectivity index (χ1v) is 15.4. The van der Waals surface area contributed by atoms with Gasteiger partial charge in [0.25, 0.3) is 0 Å². The second kappa shape index (κ2) is 10.0. The van der Waals surface area contributed by atoms with Crippen molar-refractivity contribution in [1.82, 2.24) is 25.2 Å². The minimum Gasteiger partial charge on any atom is -0.508 e. The van der Waals surface area contributed by atoms with E-state index in [0.717, 1.165) is 64.7 Å². The van der Waals surface area contributed by atoms with Crippen LogP contribution in [0, 0.1) is 25.1 Å². The fourth-order valence-corrected chi connectivity index (χ4v) is 8.13. The van der Waals surface area contributed by atoms with Crippen molar-refractivity contribution in [2.75, 3.05) is 37.7 Å². The van der Waals surface area contributed by atoms with Crippen molar-refractivity contribution in [3.63, 3.8) is 0 Å². The molecule has 220 valence electrons. The molecule has 2 atom stereocenters. The number of nitrogens with one attached hydrogen (secondary N) is 1. The number of piperazine rings is 1. The van der Waals surface area contributed by atoms with Crippen molar-refractivity contribution in [1.29, 1.82) is 0 Å². The number of halogens is 1. The second-order valence-electron chi connectivity index (χ2n) is 12.7. The van der Waals surface area contributed by atoms with Gasteiger partial charge in [0.05, 0.1) is 16.6 Å². The van der Waals surface area contributed by atoms with Gasteiger partial charge in [-0.15, -0.1) is 6.42 Å². The SMILES string of the molecule is C#Cc1cccc2cc(O)cc(-c3nc(C)c4c(N5CC6CCC(C5)N6)nc(OCC56CCCN5CCC6)nc4c3F)c12. The summed E-state index contributed by atoms with van der Waals surface area (Å²) >= 11 is 0. The Morgan fingerprint density at radius 3 is 2.60 bits per heavy atom. The van der Waals surface area contributed by atoms with Crippen molar-refractivity contribution in [3.8, 4) is 35.4 Å². The number of terminal acetylenes is 1. The summed E-state index contributed by atoms with van der Waals surface area (Å²) in [6.45, 7) is 6.12. The minimum atomic E-state index is -0.576. The molecule has 0 saturated carbocycles. The van der Waals surface area contributed by atoms with E-state index in [9.17, 15) is 5.11 Å². The molecule has 2 aromatic heterocycles. The average Bonchev–Trinajstić information content (AvgIpc) is 3.70. The predicted molar refractivity (Wildman–Crippen MR) is 165 cm³/mol. The van der Waals surface area contributed by atoms with E-state index in [1.807, 2.05) is 25.1 Å². The number of aromatic nitrogens is 3. The highest BCUT2D eigenvalue weighted by Crippen LogP contribution is 2.41. The Kier molecular flexibility index (Phi) is 6.21. The molecule has 8 nitrogen and oxygen atoms in total. The van der Waals surface area contributed by atoms with Gasteiger partial charge in [-0.25, -0.2) is 9.37 Å². The summed E-state index contributed by atoms with van der Waals surface area (Å²) in [5, 5.41) is 16.3. The van der Waals surface area contributed by atoms with E-state index < -0.39 is 5.82 Å². The maximum Gasteiger partial charge on any atom is 0.319 e. The van der Waals surface area contributed by atoms with Gasteiger partial charge in [-0.2, -0.15) is 9.97 Å². The van der Waals surface area contributed by atoms with E-state index in [-0.39, 0.29) is 28.5 Å². The Balaban J connectivity index is 1.30. The number of benzene rings is 2. The summed E-state index contributed by atoms with van der Waals surface area (Å²) in [6.07, 6.45) is 12.6. The van der Waals surface area contributed by atoms with Crippen LogP contribution < -0.4 is 15.0 Å². The number of ether oxygens (including phenoxy) is 1. The summed E-state index contributed by atoms with van der Waals surface area (Å²) in [6, 6.07) is 9.59. The lowest BCUT2D eigenvalue weighted by molar-refractivity contribution is 0.108.